The molecule has 2 aromatic heterocycles. The first-order valence-electron chi connectivity index (χ1n) is 7.75. The molecule has 2 aromatic rings. The number of aromatic amines is 1. The number of nitrogens with one attached hydrogen (secondary N) is 2. The van der Waals surface area contributed by atoms with Crippen LogP contribution in [0.15, 0.2) is 17.5 Å². The molecule has 0 radical (unpaired) electrons. The zero-order valence-electron chi connectivity index (χ0n) is 12.9. The Bertz CT molecular complexity index is 682. The van der Waals surface area contributed by atoms with E-state index in [2.05, 4.69) is 20.5 Å². The molecule has 122 valence electrons. The van der Waals surface area contributed by atoms with Gasteiger partial charge < -0.3 is 4.90 Å². The van der Waals surface area contributed by atoms with Crippen molar-refractivity contribution in [1.82, 2.24) is 20.1 Å². The van der Waals surface area contributed by atoms with Gasteiger partial charge in [0.25, 0.3) is 5.91 Å². The first-order valence-corrected chi connectivity index (χ1v) is 8.63. The average Bonchev–Trinajstić information content (AvgIpc) is 3.25. The average molecular weight is 333 g/mol. The van der Waals surface area contributed by atoms with Crippen LogP contribution in [-0.2, 0) is 11.2 Å². The summed E-state index contributed by atoms with van der Waals surface area (Å²) in [5, 5.41) is 11.3. The van der Waals surface area contributed by atoms with Gasteiger partial charge in [-0.25, -0.2) is 0 Å². The topological polar surface area (TPSA) is 91.0 Å². The molecule has 0 saturated carbocycles. The van der Waals surface area contributed by atoms with E-state index in [0.29, 0.717) is 17.8 Å². The van der Waals surface area contributed by atoms with Crippen LogP contribution in [0.4, 0.5) is 5.95 Å². The number of aryl methyl sites for hydroxylation is 1. The third-order valence-electron chi connectivity index (χ3n) is 3.90. The summed E-state index contributed by atoms with van der Waals surface area (Å²) in [5.41, 5.74) is 0. The molecule has 1 aliphatic rings. The lowest BCUT2D eigenvalue weighted by molar-refractivity contribution is -0.121. The van der Waals surface area contributed by atoms with E-state index in [1.165, 1.54) is 11.3 Å². The lowest BCUT2D eigenvalue weighted by atomic mass is 10.0. The van der Waals surface area contributed by atoms with Crippen molar-refractivity contribution in [2.24, 2.45) is 0 Å². The van der Waals surface area contributed by atoms with Gasteiger partial charge in [0.15, 0.2) is 0 Å². The summed E-state index contributed by atoms with van der Waals surface area (Å²) in [6.45, 7) is 2.55. The molecule has 7 nitrogen and oxygen atoms in total. The van der Waals surface area contributed by atoms with Crippen molar-refractivity contribution in [3.63, 3.8) is 0 Å². The molecule has 0 spiro atoms. The molecule has 3 rings (SSSR count). The number of anilines is 1. The molecule has 0 aromatic carbocycles. The molecule has 1 atom stereocenters. The Morgan fingerprint density at radius 1 is 1.48 bits per heavy atom. The Kier molecular flexibility index (Phi) is 4.71. The van der Waals surface area contributed by atoms with Gasteiger partial charge in [0, 0.05) is 13.0 Å². The summed E-state index contributed by atoms with van der Waals surface area (Å²) >= 11 is 1.40. The zero-order chi connectivity index (χ0) is 16.2. The van der Waals surface area contributed by atoms with Crippen molar-refractivity contribution in [2.45, 2.75) is 38.6 Å². The van der Waals surface area contributed by atoms with Gasteiger partial charge in [-0.15, -0.1) is 16.4 Å². The lowest BCUT2D eigenvalue weighted by Gasteiger charge is -2.34. The molecule has 0 aliphatic carbocycles. The number of hydrogen-bond acceptors (Lipinski definition) is 5. The Labute approximate surface area is 138 Å². The summed E-state index contributed by atoms with van der Waals surface area (Å²) in [4.78, 5) is 31.7. The number of amides is 2. The molecule has 2 N–H and O–H groups in total. The quantitative estimate of drug-likeness (QED) is 0.896. The number of hydrogen-bond donors (Lipinski definition) is 2. The van der Waals surface area contributed by atoms with Gasteiger partial charge in [0.2, 0.25) is 11.9 Å². The van der Waals surface area contributed by atoms with Crippen LogP contribution >= 0.6 is 11.3 Å². The maximum absolute atomic E-state index is 12.6. The molecule has 1 aliphatic heterocycles. The second-order valence-electron chi connectivity index (χ2n) is 5.44. The molecule has 3 heterocycles. The van der Waals surface area contributed by atoms with Crippen LogP contribution in [0.3, 0.4) is 0 Å². The van der Waals surface area contributed by atoms with Crippen LogP contribution in [0.2, 0.25) is 0 Å². The molecular formula is C15H19N5O2S. The Hall–Kier alpha value is -2.22. The third-order valence-corrected chi connectivity index (χ3v) is 4.76. The molecule has 0 unspecified atom stereocenters. The maximum Gasteiger partial charge on any atom is 0.264 e. The molecule has 0 bridgehead atoms. The fraction of sp³-hybridized carbons (Fsp3) is 0.467. The fourth-order valence-electron chi connectivity index (χ4n) is 2.69. The van der Waals surface area contributed by atoms with Crippen molar-refractivity contribution in [3.8, 4) is 0 Å². The van der Waals surface area contributed by atoms with Gasteiger partial charge in [-0.1, -0.05) is 13.0 Å². The standard InChI is InChI=1S/C15H19N5O2S/c1-2-12-16-15(19-18-12)17-13(21)10-6-3-4-8-20(10)14(22)11-7-5-9-23-11/h5,7,9-10H,2-4,6,8H2,1H3,(H2,16,17,18,19,21)/t10-/m0/s1. The number of likely N-dealkylation sites (tertiary alicyclic amines) is 1. The zero-order valence-corrected chi connectivity index (χ0v) is 13.7. The predicted molar refractivity (Wildman–Crippen MR) is 87.4 cm³/mol. The smallest absolute Gasteiger partial charge is 0.264 e. The predicted octanol–water partition coefficient (Wildman–Crippen LogP) is 2.06. The van der Waals surface area contributed by atoms with Crippen LogP contribution in [0.5, 0.6) is 0 Å². The van der Waals surface area contributed by atoms with E-state index in [4.69, 9.17) is 0 Å². The molecule has 1 fully saturated rings. The number of nitrogens with zero attached hydrogens (tertiary/aromatic N) is 3. The van der Waals surface area contributed by atoms with Crippen molar-refractivity contribution < 1.29 is 9.59 Å². The summed E-state index contributed by atoms with van der Waals surface area (Å²) in [6.07, 6.45) is 3.23. The van der Waals surface area contributed by atoms with Crippen molar-refractivity contribution in [1.29, 1.82) is 0 Å². The van der Waals surface area contributed by atoms with E-state index in [9.17, 15) is 9.59 Å². The molecule has 1 saturated heterocycles. The highest BCUT2D eigenvalue weighted by atomic mass is 32.1. The summed E-state index contributed by atoms with van der Waals surface area (Å²) in [5.74, 6) is 0.678. The second kappa shape index (κ2) is 6.91. The number of H-pyrrole nitrogens is 1. The first kappa shape index (κ1) is 15.7. The Morgan fingerprint density at radius 3 is 3.04 bits per heavy atom. The molecular weight excluding hydrogens is 314 g/mol. The summed E-state index contributed by atoms with van der Waals surface area (Å²) < 4.78 is 0. The number of piperidine rings is 1. The molecule has 2 amide bonds. The molecule has 23 heavy (non-hydrogen) atoms. The number of rotatable bonds is 4. The minimum absolute atomic E-state index is 0.0796. The monoisotopic (exact) mass is 333 g/mol. The van der Waals surface area contributed by atoms with E-state index in [1.807, 2.05) is 18.4 Å². The van der Waals surface area contributed by atoms with E-state index < -0.39 is 6.04 Å². The number of aromatic nitrogens is 3. The van der Waals surface area contributed by atoms with E-state index in [1.54, 1.807) is 11.0 Å². The van der Waals surface area contributed by atoms with Gasteiger partial charge in [0.05, 0.1) is 4.88 Å². The number of carbonyl (C=O) groups is 2. The van der Waals surface area contributed by atoms with Gasteiger partial charge in [-0.05, 0) is 30.7 Å². The normalized spacial score (nSPS) is 18.0. The Balaban J connectivity index is 1.72. The Morgan fingerprint density at radius 2 is 2.35 bits per heavy atom. The highest BCUT2D eigenvalue weighted by molar-refractivity contribution is 7.12. The third kappa shape index (κ3) is 3.42. The van der Waals surface area contributed by atoms with Crippen molar-refractivity contribution in [3.05, 3.63) is 28.2 Å². The van der Waals surface area contributed by atoms with E-state index in [0.717, 1.165) is 25.1 Å². The van der Waals surface area contributed by atoms with E-state index in [-0.39, 0.29) is 17.8 Å². The maximum atomic E-state index is 12.6. The van der Waals surface area contributed by atoms with Gasteiger partial charge in [0.1, 0.15) is 11.9 Å². The van der Waals surface area contributed by atoms with Crippen molar-refractivity contribution >= 4 is 29.1 Å². The van der Waals surface area contributed by atoms with Gasteiger partial charge in [-0.2, -0.15) is 4.98 Å². The SMILES string of the molecule is CCc1nc(NC(=O)[C@@H]2CCCCN2C(=O)c2cccs2)n[nH]1. The van der Waals surface area contributed by atoms with Crippen LogP contribution in [0.25, 0.3) is 0 Å². The fourth-order valence-corrected chi connectivity index (χ4v) is 3.37. The van der Waals surface area contributed by atoms with Crippen LogP contribution in [-0.4, -0.2) is 44.5 Å². The van der Waals surface area contributed by atoms with Crippen LogP contribution in [0, 0.1) is 0 Å². The minimum Gasteiger partial charge on any atom is -0.326 e. The second-order valence-corrected chi connectivity index (χ2v) is 6.38. The highest BCUT2D eigenvalue weighted by Crippen LogP contribution is 2.22. The van der Waals surface area contributed by atoms with Crippen LogP contribution in [0.1, 0.15) is 41.7 Å². The largest absolute Gasteiger partial charge is 0.326 e. The number of carbonyl (C=O) groups excluding carboxylic acids is 2. The molecule has 8 heteroatoms. The first-order chi connectivity index (χ1) is 11.2. The minimum atomic E-state index is -0.470. The van der Waals surface area contributed by atoms with Crippen LogP contribution < -0.4 is 5.32 Å². The highest BCUT2D eigenvalue weighted by Gasteiger charge is 2.33. The summed E-state index contributed by atoms with van der Waals surface area (Å²) in [7, 11) is 0. The van der Waals surface area contributed by atoms with Gasteiger partial charge in [-0.3, -0.25) is 20.0 Å². The lowest BCUT2D eigenvalue weighted by Crippen LogP contribution is -2.49. The van der Waals surface area contributed by atoms with Gasteiger partial charge >= 0.3 is 0 Å². The van der Waals surface area contributed by atoms with Crippen molar-refractivity contribution in [2.75, 3.05) is 11.9 Å². The number of thiophene rings is 1. The summed E-state index contributed by atoms with van der Waals surface area (Å²) in [6, 6.07) is 3.16. The van der Waals surface area contributed by atoms with E-state index >= 15 is 0 Å².